The normalized spacial score (nSPS) is 10.4. The molecule has 1 heterocycles. The first-order valence-corrected chi connectivity index (χ1v) is 6.00. The zero-order chi connectivity index (χ0) is 14.0. The first kappa shape index (κ1) is 13.4. The second kappa shape index (κ2) is 5.27. The van der Waals surface area contributed by atoms with Crippen molar-refractivity contribution in [1.29, 1.82) is 0 Å². The molecule has 0 spiro atoms. The smallest absolute Gasteiger partial charge is 0.267 e. The summed E-state index contributed by atoms with van der Waals surface area (Å²) in [5.74, 6) is -0.459. The molecule has 0 aliphatic rings. The second-order valence-corrected chi connectivity index (χ2v) is 4.64. The van der Waals surface area contributed by atoms with Crippen LogP contribution in [0.2, 0.25) is 0 Å². The van der Waals surface area contributed by atoms with E-state index < -0.39 is 5.82 Å². The Kier molecular flexibility index (Phi) is 3.71. The molecule has 0 bridgehead atoms. The van der Waals surface area contributed by atoms with Gasteiger partial charge in [0.05, 0.1) is 12.7 Å². The van der Waals surface area contributed by atoms with Gasteiger partial charge in [-0.2, -0.15) is 5.10 Å². The van der Waals surface area contributed by atoms with E-state index in [0.29, 0.717) is 11.1 Å². The Morgan fingerprint density at radius 1 is 1.47 bits per heavy atom. The van der Waals surface area contributed by atoms with Gasteiger partial charge in [-0.3, -0.25) is 4.79 Å². The van der Waals surface area contributed by atoms with E-state index in [1.54, 1.807) is 25.3 Å². The SMILES string of the molecule is Cc1cnn(Cc2ccc(C(N)=S)cc2F)c(=O)c1. The number of halogens is 1. The number of rotatable bonds is 3. The van der Waals surface area contributed by atoms with Gasteiger partial charge in [-0.1, -0.05) is 24.4 Å². The van der Waals surface area contributed by atoms with Gasteiger partial charge in [0.15, 0.2) is 0 Å². The molecular weight excluding hydrogens is 265 g/mol. The van der Waals surface area contributed by atoms with Gasteiger partial charge in [-0.25, -0.2) is 9.07 Å². The minimum Gasteiger partial charge on any atom is -0.389 e. The molecule has 0 saturated carbocycles. The van der Waals surface area contributed by atoms with E-state index in [2.05, 4.69) is 5.10 Å². The highest BCUT2D eigenvalue weighted by Gasteiger charge is 2.07. The van der Waals surface area contributed by atoms with E-state index in [0.717, 1.165) is 5.56 Å². The molecule has 19 heavy (non-hydrogen) atoms. The molecule has 0 aliphatic carbocycles. The first-order valence-electron chi connectivity index (χ1n) is 5.59. The number of hydrogen-bond donors (Lipinski definition) is 1. The number of thiocarbonyl (C=S) groups is 1. The number of aryl methyl sites for hydroxylation is 1. The van der Waals surface area contributed by atoms with Gasteiger partial charge in [0, 0.05) is 17.2 Å². The van der Waals surface area contributed by atoms with Crippen molar-refractivity contribution in [2.75, 3.05) is 0 Å². The zero-order valence-corrected chi connectivity index (χ0v) is 11.1. The lowest BCUT2D eigenvalue weighted by Gasteiger charge is -2.07. The highest BCUT2D eigenvalue weighted by atomic mass is 32.1. The molecule has 2 rings (SSSR count). The summed E-state index contributed by atoms with van der Waals surface area (Å²) < 4.78 is 15.0. The predicted octanol–water partition coefficient (Wildman–Crippen LogP) is 1.37. The molecule has 0 atom stereocenters. The molecule has 0 unspecified atom stereocenters. The monoisotopic (exact) mass is 277 g/mol. The standard InChI is InChI=1S/C13H12FN3OS/c1-8-4-12(18)17(16-6-8)7-10-3-2-9(13(15)19)5-11(10)14/h2-6H,7H2,1H3,(H2,15,19). The molecule has 2 N–H and O–H groups in total. The van der Waals surface area contributed by atoms with Gasteiger partial charge in [-0.15, -0.1) is 0 Å². The minimum absolute atomic E-state index is 0.0720. The molecule has 6 heteroatoms. The van der Waals surface area contributed by atoms with Crippen molar-refractivity contribution in [2.45, 2.75) is 13.5 Å². The van der Waals surface area contributed by atoms with Crippen molar-refractivity contribution in [3.8, 4) is 0 Å². The lowest BCUT2D eigenvalue weighted by atomic mass is 10.1. The third kappa shape index (κ3) is 3.03. The zero-order valence-electron chi connectivity index (χ0n) is 10.3. The lowest BCUT2D eigenvalue weighted by molar-refractivity contribution is 0.571. The van der Waals surface area contributed by atoms with Crippen molar-refractivity contribution < 1.29 is 4.39 Å². The van der Waals surface area contributed by atoms with E-state index in [9.17, 15) is 9.18 Å². The van der Waals surface area contributed by atoms with Gasteiger partial charge < -0.3 is 5.73 Å². The van der Waals surface area contributed by atoms with E-state index in [1.165, 1.54) is 16.8 Å². The Bertz CT molecular complexity index is 697. The van der Waals surface area contributed by atoms with Gasteiger partial charge in [0.1, 0.15) is 10.8 Å². The first-order chi connectivity index (χ1) is 8.97. The van der Waals surface area contributed by atoms with Crippen LogP contribution >= 0.6 is 12.2 Å². The molecule has 0 saturated heterocycles. The summed E-state index contributed by atoms with van der Waals surface area (Å²) in [7, 11) is 0. The van der Waals surface area contributed by atoms with Crippen LogP contribution in [-0.4, -0.2) is 14.8 Å². The average Bonchev–Trinajstić information content (AvgIpc) is 2.34. The maximum absolute atomic E-state index is 13.8. The summed E-state index contributed by atoms with van der Waals surface area (Å²) in [6, 6.07) is 5.89. The fraction of sp³-hybridized carbons (Fsp3) is 0.154. The third-order valence-electron chi connectivity index (χ3n) is 2.66. The number of nitrogens with zero attached hydrogens (tertiary/aromatic N) is 2. The van der Waals surface area contributed by atoms with Crippen LogP contribution in [0.4, 0.5) is 4.39 Å². The number of aromatic nitrogens is 2. The van der Waals surface area contributed by atoms with Gasteiger partial charge in [-0.05, 0) is 18.6 Å². The van der Waals surface area contributed by atoms with E-state index >= 15 is 0 Å². The Hall–Kier alpha value is -2.08. The maximum Gasteiger partial charge on any atom is 0.267 e. The Balaban J connectivity index is 2.33. The Morgan fingerprint density at radius 2 is 2.21 bits per heavy atom. The minimum atomic E-state index is -0.459. The van der Waals surface area contributed by atoms with Crippen molar-refractivity contribution in [1.82, 2.24) is 9.78 Å². The van der Waals surface area contributed by atoms with E-state index in [4.69, 9.17) is 18.0 Å². The number of benzene rings is 1. The van der Waals surface area contributed by atoms with Crippen LogP contribution < -0.4 is 11.3 Å². The fourth-order valence-corrected chi connectivity index (χ4v) is 1.76. The Labute approximate surface area is 114 Å². The highest BCUT2D eigenvalue weighted by Crippen LogP contribution is 2.11. The lowest BCUT2D eigenvalue weighted by Crippen LogP contribution is -2.23. The molecule has 1 aromatic carbocycles. The van der Waals surface area contributed by atoms with Gasteiger partial charge in [0.2, 0.25) is 0 Å². The van der Waals surface area contributed by atoms with Crippen molar-refractivity contribution in [2.24, 2.45) is 5.73 Å². The van der Waals surface area contributed by atoms with Crippen LogP contribution in [0.1, 0.15) is 16.7 Å². The van der Waals surface area contributed by atoms with Crippen LogP contribution in [0.5, 0.6) is 0 Å². The summed E-state index contributed by atoms with van der Waals surface area (Å²) in [4.78, 5) is 11.8. The quantitative estimate of drug-likeness (QED) is 0.861. The van der Waals surface area contributed by atoms with Crippen LogP contribution in [0.15, 0.2) is 35.3 Å². The van der Waals surface area contributed by atoms with Crippen molar-refractivity contribution in [3.05, 3.63) is 63.3 Å². The van der Waals surface area contributed by atoms with Crippen molar-refractivity contribution >= 4 is 17.2 Å². The summed E-state index contributed by atoms with van der Waals surface area (Å²) in [5.41, 5.74) is 6.74. The van der Waals surface area contributed by atoms with E-state index in [1.807, 2.05) is 0 Å². The summed E-state index contributed by atoms with van der Waals surface area (Å²) in [6.07, 6.45) is 1.56. The highest BCUT2D eigenvalue weighted by molar-refractivity contribution is 7.80. The van der Waals surface area contributed by atoms with Crippen LogP contribution in [-0.2, 0) is 6.54 Å². The average molecular weight is 277 g/mol. The molecule has 4 nitrogen and oxygen atoms in total. The van der Waals surface area contributed by atoms with Crippen LogP contribution in [0.25, 0.3) is 0 Å². The summed E-state index contributed by atoms with van der Waals surface area (Å²) >= 11 is 4.77. The third-order valence-corrected chi connectivity index (χ3v) is 2.90. The van der Waals surface area contributed by atoms with Crippen molar-refractivity contribution in [3.63, 3.8) is 0 Å². The van der Waals surface area contributed by atoms with Gasteiger partial charge in [0.25, 0.3) is 5.56 Å². The number of nitrogens with two attached hydrogens (primary N) is 1. The molecule has 2 aromatic rings. The van der Waals surface area contributed by atoms with Gasteiger partial charge >= 0.3 is 0 Å². The molecular formula is C13H12FN3OS. The molecule has 0 aliphatic heterocycles. The Morgan fingerprint density at radius 3 is 2.79 bits per heavy atom. The molecule has 1 aromatic heterocycles. The van der Waals surface area contributed by atoms with E-state index in [-0.39, 0.29) is 17.1 Å². The van der Waals surface area contributed by atoms with Crippen LogP contribution in [0, 0.1) is 12.7 Å². The number of hydrogen-bond acceptors (Lipinski definition) is 3. The largest absolute Gasteiger partial charge is 0.389 e. The molecule has 98 valence electrons. The molecule has 0 radical (unpaired) electrons. The van der Waals surface area contributed by atoms with Crippen LogP contribution in [0.3, 0.4) is 0 Å². The molecule has 0 amide bonds. The molecule has 0 fully saturated rings. The topological polar surface area (TPSA) is 60.9 Å². The maximum atomic E-state index is 13.8. The predicted molar refractivity (Wildman–Crippen MR) is 74.6 cm³/mol. The summed E-state index contributed by atoms with van der Waals surface area (Å²) in [6.45, 7) is 1.85. The summed E-state index contributed by atoms with van der Waals surface area (Å²) in [5, 5.41) is 3.96. The fourth-order valence-electron chi connectivity index (χ4n) is 1.63. The second-order valence-electron chi connectivity index (χ2n) is 4.20.